The van der Waals surface area contributed by atoms with E-state index in [0.717, 1.165) is 25.7 Å². The minimum absolute atomic E-state index is 0.161. The van der Waals surface area contributed by atoms with Gasteiger partial charge >= 0.3 is 6.09 Å². The summed E-state index contributed by atoms with van der Waals surface area (Å²) in [5.41, 5.74) is 1.00. The number of carbonyl (C=O) groups is 4. The molecule has 3 heterocycles. The number of likely N-dealkylation sites (tertiary alicyclic amines) is 1. The Labute approximate surface area is 239 Å². The largest absolute Gasteiger partial charge is 0.450 e. The number of piperidine rings is 1. The van der Waals surface area contributed by atoms with Crippen molar-refractivity contribution in [3.8, 4) is 0 Å². The monoisotopic (exact) mass is 582 g/mol. The highest BCUT2D eigenvalue weighted by atomic mass is 32.2. The predicted molar refractivity (Wildman–Crippen MR) is 150 cm³/mol. The molecular weight excluding hydrogens is 548 g/mol. The smallest absolute Gasteiger partial charge is 0.409 e. The number of anilines is 1. The maximum Gasteiger partial charge on any atom is 0.409 e. The molecule has 0 radical (unpaired) electrons. The molecule has 4 amide bonds. The van der Waals surface area contributed by atoms with Crippen molar-refractivity contribution in [2.75, 3.05) is 38.1 Å². The topological polar surface area (TPSA) is 133 Å². The van der Waals surface area contributed by atoms with Crippen LogP contribution in [-0.2, 0) is 14.8 Å². The fraction of sp³-hybridized carbons (Fsp3) is 0.448. The number of hydrogen-bond donors (Lipinski definition) is 1. The van der Waals surface area contributed by atoms with Crippen LogP contribution in [0, 0.1) is 0 Å². The van der Waals surface area contributed by atoms with Gasteiger partial charge in [0.1, 0.15) is 0 Å². The number of imide groups is 1. The highest BCUT2D eigenvalue weighted by Gasteiger charge is 2.41. The lowest BCUT2D eigenvalue weighted by Crippen LogP contribution is -2.48. The fourth-order valence-corrected chi connectivity index (χ4v) is 7.12. The Bertz CT molecular complexity index is 1440. The molecule has 1 N–H and O–H groups in total. The molecule has 2 saturated heterocycles. The molecule has 0 aromatic heterocycles. The number of carbonyl (C=O) groups excluding carboxylic acids is 4. The van der Waals surface area contributed by atoms with E-state index in [1.165, 1.54) is 51.7 Å². The molecule has 2 aromatic rings. The average Bonchev–Trinajstić information content (AvgIpc) is 3.14. The van der Waals surface area contributed by atoms with Gasteiger partial charge in [-0.25, -0.2) is 13.2 Å². The highest BCUT2D eigenvalue weighted by molar-refractivity contribution is 7.89. The van der Waals surface area contributed by atoms with Gasteiger partial charge in [0.15, 0.2) is 0 Å². The Balaban J connectivity index is 1.24. The van der Waals surface area contributed by atoms with Crippen LogP contribution in [0.25, 0.3) is 0 Å². The SMILES string of the molecule is CCOC(=O)N1CCC(N2C(=O)c3ccc(C(=O)Nc4ccc(S(=O)(=O)N5CCCCCC5)cc4)cc3C2=O)CC1. The van der Waals surface area contributed by atoms with Gasteiger partial charge in [-0.15, -0.1) is 0 Å². The quantitative estimate of drug-likeness (QED) is 0.513. The predicted octanol–water partition coefficient (Wildman–Crippen LogP) is 3.72. The van der Waals surface area contributed by atoms with E-state index in [9.17, 15) is 27.6 Å². The van der Waals surface area contributed by atoms with Crippen molar-refractivity contribution in [3.63, 3.8) is 0 Å². The number of benzene rings is 2. The molecule has 0 saturated carbocycles. The van der Waals surface area contributed by atoms with Gasteiger partial charge in [-0.05, 0) is 75.1 Å². The van der Waals surface area contributed by atoms with Crippen LogP contribution in [0.5, 0.6) is 0 Å². The Kier molecular flexibility index (Phi) is 8.41. The summed E-state index contributed by atoms with van der Waals surface area (Å²) in [6.45, 7) is 3.78. The van der Waals surface area contributed by atoms with E-state index >= 15 is 0 Å². The minimum Gasteiger partial charge on any atom is -0.450 e. The zero-order valence-electron chi connectivity index (χ0n) is 23.0. The Morgan fingerprint density at radius 3 is 2.15 bits per heavy atom. The highest BCUT2D eigenvalue weighted by Crippen LogP contribution is 2.30. The van der Waals surface area contributed by atoms with Gasteiger partial charge in [-0.1, -0.05) is 12.8 Å². The molecular formula is C29H34N4O7S. The first-order chi connectivity index (χ1) is 19.7. The van der Waals surface area contributed by atoms with Crippen molar-refractivity contribution >= 4 is 39.5 Å². The van der Waals surface area contributed by atoms with E-state index in [2.05, 4.69) is 5.32 Å². The molecule has 0 atom stereocenters. The first-order valence-electron chi connectivity index (χ1n) is 14.1. The van der Waals surface area contributed by atoms with Gasteiger partial charge in [0.2, 0.25) is 10.0 Å². The van der Waals surface area contributed by atoms with Crippen molar-refractivity contribution in [2.24, 2.45) is 0 Å². The van der Waals surface area contributed by atoms with Crippen LogP contribution in [-0.4, -0.2) is 85.2 Å². The van der Waals surface area contributed by atoms with E-state index in [0.29, 0.717) is 44.7 Å². The van der Waals surface area contributed by atoms with Gasteiger partial charge in [0, 0.05) is 43.5 Å². The van der Waals surface area contributed by atoms with Gasteiger partial charge in [-0.3, -0.25) is 19.3 Å². The summed E-state index contributed by atoms with van der Waals surface area (Å²) in [5, 5.41) is 2.74. The number of ether oxygens (including phenoxy) is 1. The molecule has 0 spiro atoms. The number of nitrogens with one attached hydrogen (secondary N) is 1. The maximum atomic E-state index is 13.2. The normalized spacial score (nSPS) is 18.7. The zero-order chi connectivity index (χ0) is 29.1. The standard InChI is InChI=1S/C29H34N4O7S/c1-2-40-29(37)31-17-13-22(14-18-31)33-27(35)24-12-7-20(19-25(24)28(33)36)26(34)30-21-8-10-23(11-9-21)41(38,39)32-15-5-3-4-6-16-32/h7-12,19,22H,2-6,13-18H2,1H3,(H,30,34). The number of hydrogen-bond acceptors (Lipinski definition) is 7. The van der Waals surface area contributed by atoms with Crippen molar-refractivity contribution in [1.82, 2.24) is 14.1 Å². The fourth-order valence-electron chi connectivity index (χ4n) is 5.60. The molecule has 0 bridgehead atoms. The van der Waals surface area contributed by atoms with Gasteiger partial charge in [0.25, 0.3) is 17.7 Å². The second-order valence-corrected chi connectivity index (χ2v) is 12.4. The lowest BCUT2D eigenvalue weighted by Gasteiger charge is -2.35. The van der Waals surface area contributed by atoms with Crippen LogP contribution in [0.15, 0.2) is 47.4 Å². The van der Waals surface area contributed by atoms with Crippen molar-refractivity contribution in [1.29, 1.82) is 0 Å². The number of fused-ring (bicyclic) bond motifs is 1. The Morgan fingerprint density at radius 2 is 1.51 bits per heavy atom. The minimum atomic E-state index is -3.60. The Morgan fingerprint density at radius 1 is 0.878 bits per heavy atom. The van der Waals surface area contributed by atoms with Crippen molar-refractivity contribution in [2.45, 2.75) is 56.4 Å². The molecule has 0 aliphatic carbocycles. The maximum absolute atomic E-state index is 13.2. The summed E-state index contributed by atoms with van der Waals surface area (Å²) in [6, 6.07) is 10.1. The summed E-state index contributed by atoms with van der Waals surface area (Å²) < 4.78 is 32.6. The summed E-state index contributed by atoms with van der Waals surface area (Å²) in [5.74, 6) is -1.36. The van der Waals surface area contributed by atoms with Crippen LogP contribution in [0.2, 0.25) is 0 Å². The first-order valence-corrected chi connectivity index (χ1v) is 15.5. The second kappa shape index (κ2) is 12.0. The molecule has 3 aliphatic heterocycles. The van der Waals surface area contributed by atoms with Crippen molar-refractivity contribution in [3.05, 3.63) is 59.2 Å². The Hall–Kier alpha value is -3.77. The van der Waals surface area contributed by atoms with Crippen LogP contribution in [0.3, 0.4) is 0 Å². The van der Waals surface area contributed by atoms with E-state index < -0.39 is 33.8 Å². The molecule has 2 aromatic carbocycles. The molecule has 12 heteroatoms. The van der Waals surface area contributed by atoms with Crippen LogP contribution in [0.4, 0.5) is 10.5 Å². The average molecular weight is 583 g/mol. The number of amides is 4. The third-order valence-electron chi connectivity index (χ3n) is 7.85. The molecule has 2 fully saturated rings. The third-order valence-corrected chi connectivity index (χ3v) is 9.76. The van der Waals surface area contributed by atoms with E-state index in [-0.39, 0.29) is 34.2 Å². The van der Waals surface area contributed by atoms with Crippen molar-refractivity contribution < 1.29 is 32.3 Å². The summed E-state index contributed by atoms with van der Waals surface area (Å²) in [4.78, 5) is 54.3. The first kappa shape index (κ1) is 28.7. The lowest BCUT2D eigenvalue weighted by molar-refractivity contribution is 0.0485. The molecule has 5 rings (SSSR count). The summed E-state index contributed by atoms with van der Waals surface area (Å²) >= 11 is 0. The van der Waals surface area contributed by atoms with E-state index in [1.807, 2.05) is 0 Å². The molecule has 11 nitrogen and oxygen atoms in total. The number of sulfonamides is 1. The summed E-state index contributed by atoms with van der Waals surface area (Å²) in [7, 11) is -3.60. The van der Waals surface area contributed by atoms with E-state index in [4.69, 9.17) is 4.74 Å². The van der Waals surface area contributed by atoms with Gasteiger partial charge in [0.05, 0.1) is 22.6 Å². The number of rotatable bonds is 6. The number of nitrogens with zero attached hydrogens (tertiary/aromatic N) is 3. The van der Waals surface area contributed by atoms with Crippen LogP contribution < -0.4 is 5.32 Å². The molecule has 0 unspecified atom stereocenters. The molecule has 41 heavy (non-hydrogen) atoms. The lowest BCUT2D eigenvalue weighted by atomic mass is 10.0. The third kappa shape index (κ3) is 5.84. The van der Waals surface area contributed by atoms with Crippen LogP contribution in [0.1, 0.15) is 76.5 Å². The van der Waals surface area contributed by atoms with E-state index in [1.54, 1.807) is 11.8 Å². The van der Waals surface area contributed by atoms with Gasteiger partial charge in [-0.2, -0.15) is 4.31 Å². The van der Waals surface area contributed by atoms with Crippen LogP contribution >= 0.6 is 0 Å². The molecule has 3 aliphatic rings. The second-order valence-electron chi connectivity index (χ2n) is 10.5. The zero-order valence-corrected chi connectivity index (χ0v) is 23.8. The summed E-state index contributed by atoms with van der Waals surface area (Å²) in [6.07, 6.45) is 4.21. The van der Waals surface area contributed by atoms with Gasteiger partial charge < -0.3 is 15.0 Å². The molecule has 218 valence electrons.